The third kappa shape index (κ3) is 3.56. The SMILES string of the molecule is CCC(CBr)NC(=O)c1cc(F)cc(F)c1. The first-order valence-electron chi connectivity index (χ1n) is 4.89. The van der Waals surface area contributed by atoms with Gasteiger partial charge in [0.05, 0.1) is 0 Å². The van der Waals surface area contributed by atoms with Crippen molar-refractivity contribution < 1.29 is 13.6 Å². The van der Waals surface area contributed by atoms with Crippen LogP contribution in [-0.4, -0.2) is 17.3 Å². The fourth-order valence-electron chi connectivity index (χ4n) is 1.20. The average Bonchev–Trinajstić information content (AvgIpc) is 2.24. The molecule has 0 radical (unpaired) electrons. The lowest BCUT2D eigenvalue weighted by Gasteiger charge is -2.13. The minimum Gasteiger partial charge on any atom is -0.348 e. The number of benzene rings is 1. The van der Waals surface area contributed by atoms with Crippen LogP contribution in [0.25, 0.3) is 0 Å². The molecule has 0 saturated heterocycles. The monoisotopic (exact) mass is 291 g/mol. The molecule has 1 atom stereocenters. The van der Waals surface area contributed by atoms with Gasteiger partial charge in [0.1, 0.15) is 11.6 Å². The van der Waals surface area contributed by atoms with Crippen LogP contribution in [-0.2, 0) is 0 Å². The molecule has 2 nitrogen and oxygen atoms in total. The molecule has 0 fully saturated rings. The summed E-state index contributed by atoms with van der Waals surface area (Å²) >= 11 is 3.24. The van der Waals surface area contributed by atoms with Crippen molar-refractivity contribution in [3.05, 3.63) is 35.4 Å². The molecular formula is C11H12BrF2NO. The summed E-state index contributed by atoms with van der Waals surface area (Å²) in [6.45, 7) is 1.92. The molecule has 0 aliphatic heterocycles. The largest absolute Gasteiger partial charge is 0.348 e. The van der Waals surface area contributed by atoms with Gasteiger partial charge in [-0.1, -0.05) is 22.9 Å². The van der Waals surface area contributed by atoms with Crippen LogP contribution < -0.4 is 5.32 Å². The Bertz CT molecular complexity index is 360. The number of amides is 1. The number of carbonyl (C=O) groups is 1. The van der Waals surface area contributed by atoms with Crippen LogP contribution in [0.5, 0.6) is 0 Å². The number of hydrogen-bond donors (Lipinski definition) is 1. The predicted octanol–water partition coefficient (Wildman–Crippen LogP) is 2.87. The molecule has 1 unspecified atom stereocenters. The minimum atomic E-state index is -0.753. The molecule has 1 aromatic carbocycles. The zero-order chi connectivity index (χ0) is 12.1. The van der Waals surface area contributed by atoms with Gasteiger partial charge in [-0.05, 0) is 18.6 Å². The maximum atomic E-state index is 12.9. The van der Waals surface area contributed by atoms with E-state index in [1.165, 1.54) is 0 Å². The molecule has 1 rings (SSSR count). The quantitative estimate of drug-likeness (QED) is 0.849. The Hall–Kier alpha value is -0.970. The van der Waals surface area contributed by atoms with Crippen LogP contribution in [0.4, 0.5) is 8.78 Å². The van der Waals surface area contributed by atoms with Crippen LogP contribution >= 0.6 is 15.9 Å². The second kappa shape index (κ2) is 5.94. The van der Waals surface area contributed by atoms with E-state index >= 15 is 0 Å². The molecule has 0 saturated carbocycles. The molecule has 0 aromatic heterocycles. The summed E-state index contributed by atoms with van der Waals surface area (Å²) in [6, 6.07) is 2.72. The summed E-state index contributed by atoms with van der Waals surface area (Å²) in [5, 5.41) is 3.27. The van der Waals surface area contributed by atoms with E-state index in [1.807, 2.05) is 6.92 Å². The first kappa shape index (κ1) is 13.1. The molecule has 1 amide bonds. The van der Waals surface area contributed by atoms with Crippen LogP contribution in [0, 0.1) is 11.6 Å². The summed E-state index contributed by atoms with van der Waals surface area (Å²) in [5.41, 5.74) is -0.00287. The summed E-state index contributed by atoms with van der Waals surface area (Å²) < 4.78 is 25.7. The number of nitrogens with one attached hydrogen (secondary N) is 1. The topological polar surface area (TPSA) is 29.1 Å². The Balaban J connectivity index is 2.80. The van der Waals surface area contributed by atoms with Crippen molar-refractivity contribution >= 4 is 21.8 Å². The van der Waals surface area contributed by atoms with Crippen molar-refractivity contribution in [3.63, 3.8) is 0 Å². The average molecular weight is 292 g/mol. The van der Waals surface area contributed by atoms with Gasteiger partial charge in [0, 0.05) is 23.0 Å². The summed E-state index contributed by atoms with van der Waals surface area (Å²) in [4.78, 5) is 11.6. The second-order valence-electron chi connectivity index (χ2n) is 3.39. The Morgan fingerprint density at radius 1 is 1.38 bits per heavy atom. The molecule has 0 bridgehead atoms. The van der Waals surface area contributed by atoms with Gasteiger partial charge in [0.25, 0.3) is 5.91 Å². The lowest BCUT2D eigenvalue weighted by Crippen LogP contribution is -2.35. The molecule has 0 heterocycles. The number of halogens is 3. The highest BCUT2D eigenvalue weighted by atomic mass is 79.9. The number of alkyl halides is 1. The summed E-state index contributed by atoms with van der Waals surface area (Å²) in [6.07, 6.45) is 0.745. The van der Waals surface area contributed by atoms with E-state index in [2.05, 4.69) is 21.2 Å². The smallest absolute Gasteiger partial charge is 0.251 e. The highest BCUT2D eigenvalue weighted by Crippen LogP contribution is 2.08. The van der Waals surface area contributed by atoms with Crippen molar-refractivity contribution in [2.75, 3.05) is 5.33 Å². The van der Waals surface area contributed by atoms with E-state index < -0.39 is 17.5 Å². The fourth-order valence-corrected chi connectivity index (χ4v) is 1.82. The molecule has 5 heteroatoms. The molecule has 1 aromatic rings. The van der Waals surface area contributed by atoms with Crippen LogP contribution in [0.2, 0.25) is 0 Å². The van der Waals surface area contributed by atoms with Gasteiger partial charge in [0.15, 0.2) is 0 Å². The van der Waals surface area contributed by atoms with E-state index in [1.54, 1.807) is 0 Å². The lowest BCUT2D eigenvalue weighted by molar-refractivity contribution is 0.0939. The van der Waals surface area contributed by atoms with E-state index in [0.29, 0.717) is 5.33 Å². The van der Waals surface area contributed by atoms with E-state index in [0.717, 1.165) is 24.6 Å². The maximum Gasteiger partial charge on any atom is 0.251 e. The summed E-state index contributed by atoms with van der Waals surface area (Å²) in [7, 11) is 0. The van der Waals surface area contributed by atoms with Crippen LogP contribution in [0.3, 0.4) is 0 Å². The van der Waals surface area contributed by atoms with Gasteiger partial charge >= 0.3 is 0 Å². The molecular weight excluding hydrogens is 280 g/mol. The van der Waals surface area contributed by atoms with Gasteiger partial charge in [-0.3, -0.25) is 4.79 Å². The number of carbonyl (C=O) groups excluding carboxylic acids is 1. The van der Waals surface area contributed by atoms with Gasteiger partial charge in [-0.25, -0.2) is 8.78 Å². The number of hydrogen-bond acceptors (Lipinski definition) is 1. The Kier molecular flexibility index (Phi) is 4.86. The Morgan fingerprint density at radius 2 is 1.94 bits per heavy atom. The highest BCUT2D eigenvalue weighted by molar-refractivity contribution is 9.09. The summed E-state index contributed by atoms with van der Waals surface area (Å²) in [5.74, 6) is -1.97. The van der Waals surface area contributed by atoms with Crippen molar-refractivity contribution in [2.45, 2.75) is 19.4 Å². The lowest BCUT2D eigenvalue weighted by atomic mass is 10.1. The first-order chi connectivity index (χ1) is 7.56. The third-order valence-corrected chi connectivity index (χ3v) is 2.92. The molecule has 0 aliphatic carbocycles. The van der Waals surface area contributed by atoms with Crippen LogP contribution in [0.1, 0.15) is 23.7 Å². The molecule has 0 spiro atoms. The third-order valence-electron chi connectivity index (χ3n) is 2.14. The first-order valence-corrected chi connectivity index (χ1v) is 6.02. The van der Waals surface area contributed by atoms with E-state index in [4.69, 9.17) is 0 Å². The normalized spacial score (nSPS) is 12.2. The minimum absolute atomic E-state index is 0.00287. The zero-order valence-electron chi connectivity index (χ0n) is 8.77. The second-order valence-corrected chi connectivity index (χ2v) is 4.04. The van der Waals surface area contributed by atoms with Crippen molar-refractivity contribution in [3.8, 4) is 0 Å². The maximum absolute atomic E-state index is 12.9. The molecule has 1 N–H and O–H groups in total. The Labute approximate surface area is 101 Å². The fraction of sp³-hybridized carbons (Fsp3) is 0.364. The molecule has 88 valence electrons. The Morgan fingerprint density at radius 3 is 2.38 bits per heavy atom. The van der Waals surface area contributed by atoms with Gasteiger partial charge < -0.3 is 5.32 Å². The van der Waals surface area contributed by atoms with Gasteiger partial charge in [-0.15, -0.1) is 0 Å². The van der Waals surface area contributed by atoms with E-state index in [9.17, 15) is 13.6 Å². The van der Waals surface area contributed by atoms with Crippen LogP contribution in [0.15, 0.2) is 18.2 Å². The zero-order valence-corrected chi connectivity index (χ0v) is 10.4. The van der Waals surface area contributed by atoms with Gasteiger partial charge in [-0.2, -0.15) is 0 Å². The molecule has 0 aliphatic rings. The van der Waals surface area contributed by atoms with E-state index in [-0.39, 0.29) is 11.6 Å². The van der Waals surface area contributed by atoms with Gasteiger partial charge in [0.2, 0.25) is 0 Å². The predicted molar refractivity (Wildman–Crippen MR) is 61.7 cm³/mol. The molecule has 16 heavy (non-hydrogen) atoms. The standard InChI is InChI=1S/C11H12BrF2NO/c1-2-10(6-12)15-11(16)7-3-8(13)5-9(14)4-7/h3-5,10H,2,6H2,1H3,(H,15,16). The highest BCUT2D eigenvalue weighted by Gasteiger charge is 2.12. The van der Waals surface area contributed by atoms with Crippen molar-refractivity contribution in [1.29, 1.82) is 0 Å². The van der Waals surface area contributed by atoms with Crippen molar-refractivity contribution in [2.24, 2.45) is 0 Å². The van der Waals surface area contributed by atoms with Crippen molar-refractivity contribution in [1.82, 2.24) is 5.32 Å². The number of rotatable bonds is 4.